The number of hydrogen-bond donors (Lipinski definition) is 1. The van der Waals surface area contributed by atoms with E-state index < -0.39 is 5.82 Å². The summed E-state index contributed by atoms with van der Waals surface area (Å²) in [7, 11) is 0. The number of halogens is 4. The number of aromatic nitrogens is 2. The maximum absolute atomic E-state index is 13.8. The number of anilines is 1. The minimum Gasteiger partial charge on any atom is -0.365 e. The molecular formula is C18H13BrClF2N3O. The van der Waals surface area contributed by atoms with E-state index in [0.29, 0.717) is 22.0 Å². The predicted molar refractivity (Wildman–Crippen MR) is 100 cm³/mol. The minimum atomic E-state index is -0.444. The summed E-state index contributed by atoms with van der Waals surface area (Å²) in [5, 5.41) is 3.23. The summed E-state index contributed by atoms with van der Waals surface area (Å²) in [4.78, 5) is 16.6. The molecule has 0 aliphatic heterocycles. The fraction of sp³-hybridized carbons (Fsp3) is 0.111. The summed E-state index contributed by atoms with van der Waals surface area (Å²) < 4.78 is 28.7. The van der Waals surface area contributed by atoms with E-state index in [-0.39, 0.29) is 28.9 Å². The summed E-state index contributed by atoms with van der Waals surface area (Å²) in [6.07, 6.45) is 1.36. The second-order valence-corrected chi connectivity index (χ2v) is 6.79. The van der Waals surface area contributed by atoms with Gasteiger partial charge in [0.25, 0.3) is 5.56 Å². The van der Waals surface area contributed by atoms with E-state index in [1.54, 1.807) is 24.3 Å². The molecule has 0 fully saturated rings. The van der Waals surface area contributed by atoms with Gasteiger partial charge in [-0.2, -0.15) is 0 Å². The van der Waals surface area contributed by atoms with Crippen molar-refractivity contribution in [2.45, 2.75) is 13.1 Å². The zero-order valence-electron chi connectivity index (χ0n) is 13.3. The number of benzene rings is 2. The zero-order chi connectivity index (χ0) is 18.7. The second kappa shape index (κ2) is 7.97. The Morgan fingerprint density at radius 2 is 2.00 bits per heavy atom. The SMILES string of the molecule is O=c1c(Br)c(NCc2ccc(Cl)cc2F)ncn1Cc1cccc(F)c1. The molecule has 4 nitrogen and oxygen atoms in total. The van der Waals surface area contributed by atoms with Crippen molar-refractivity contribution in [1.82, 2.24) is 9.55 Å². The van der Waals surface area contributed by atoms with E-state index in [1.165, 1.54) is 29.1 Å². The van der Waals surface area contributed by atoms with Crippen molar-refractivity contribution < 1.29 is 8.78 Å². The first-order valence-corrected chi connectivity index (χ1v) is 8.78. The lowest BCUT2D eigenvalue weighted by atomic mass is 10.2. The van der Waals surface area contributed by atoms with Crippen LogP contribution >= 0.6 is 27.5 Å². The Morgan fingerprint density at radius 1 is 1.19 bits per heavy atom. The summed E-state index contributed by atoms with van der Waals surface area (Å²) in [6, 6.07) is 10.4. The number of nitrogens with zero attached hydrogens (tertiary/aromatic N) is 2. The summed E-state index contributed by atoms with van der Waals surface area (Å²) >= 11 is 8.94. The van der Waals surface area contributed by atoms with Crippen LogP contribution in [0.4, 0.5) is 14.6 Å². The molecule has 0 unspecified atom stereocenters. The molecule has 8 heteroatoms. The van der Waals surface area contributed by atoms with E-state index in [9.17, 15) is 13.6 Å². The molecule has 2 aromatic carbocycles. The highest BCUT2D eigenvalue weighted by molar-refractivity contribution is 9.10. The van der Waals surface area contributed by atoms with Crippen LogP contribution in [0.3, 0.4) is 0 Å². The molecule has 0 spiro atoms. The first-order valence-electron chi connectivity index (χ1n) is 7.61. The Labute approximate surface area is 161 Å². The van der Waals surface area contributed by atoms with Crippen molar-refractivity contribution in [1.29, 1.82) is 0 Å². The number of rotatable bonds is 5. The molecule has 0 bridgehead atoms. The van der Waals surface area contributed by atoms with Gasteiger partial charge in [-0.1, -0.05) is 29.8 Å². The normalized spacial score (nSPS) is 10.8. The lowest BCUT2D eigenvalue weighted by molar-refractivity contribution is 0.612. The van der Waals surface area contributed by atoms with Crippen molar-refractivity contribution in [3.05, 3.63) is 91.4 Å². The van der Waals surface area contributed by atoms with E-state index >= 15 is 0 Å². The zero-order valence-corrected chi connectivity index (χ0v) is 15.7. The van der Waals surface area contributed by atoms with Crippen molar-refractivity contribution >= 4 is 33.3 Å². The highest BCUT2D eigenvalue weighted by Crippen LogP contribution is 2.19. The third-order valence-electron chi connectivity index (χ3n) is 3.69. The largest absolute Gasteiger partial charge is 0.365 e. The molecule has 1 aromatic heterocycles. The van der Waals surface area contributed by atoms with Gasteiger partial charge in [0.15, 0.2) is 0 Å². The monoisotopic (exact) mass is 439 g/mol. The smallest absolute Gasteiger partial charge is 0.270 e. The summed E-state index contributed by atoms with van der Waals surface area (Å²) in [5.74, 6) is -0.522. The molecule has 3 rings (SSSR count). The van der Waals surface area contributed by atoms with Gasteiger partial charge in [0.1, 0.15) is 28.3 Å². The van der Waals surface area contributed by atoms with Crippen LogP contribution in [0, 0.1) is 11.6 Å². The van der Waals surface area contributed by atoms with E-state index in [4.69, 9.17) is 11.6 Å². The van der Waals surface area contributed by atoms with Gasteiger partial charge >= 0.3 is 0 Å². The van der Waals surface area contributed by atoms with Crippen molar-refractivity contribution in [3.8, 4) is 0 Å². The first-order chi connectivity index (χ1) is 12.4. The van der Waals surface area contributed by atoms with Crippen molar-refractivity contribution in [2.75, 3.05) is 5.32 Å². The summed E-state index contributed by atoms with van der Waals surface area (Å²) in [6.45, 7) is 0.330. The van der Waals surface area contributed by atoms with Gasteiger partial charge in [-0.05, 0) is 45.8 Å². The molecule has 1 heterocycles. The average Bonchev–Trinajstić information content (AvgIpc) is 2.60. The van der Waals surface area contributed by atoms with Gasteiger partial charge in [-0.25, -0.2) is 13.8 Å². The molecule has 0 aliphatic rings. The Morgan fingerprint density at radius 3 is 2.73 bits per heavy atom. The lowest BCUT2D eigenvalue weighted by Gasteiger charge is -2.11. The molecule has 134 valence electrons. The van der Waals surface area contributed by atoms with Crippen molar-refractivity contribution in [2.24, 2.45) is 0 Å². The van der Waals surface area contributed by atoms with Gasteiger partial charge < -0.3 is 5.32 Å². The van der Waals surface area contributed by atoms with Crippen LogP contribution in [0.1, 0.15) is 11.1 Å². The highest BCUT2D eigenvalue weighted by atomic mass is 79.9. The van der Waals surface area contributed by atoms with E-state index in [0.717, 1.165) is 0 Å². The standard InChI is InChI=1S/C18H13BrClF2N3O/c19-16-17(23-8-12-4-5-13(20)7-15(12)22)24-10-25(18(16)26)9-11-2-1-3-14(21)6-11/h1-7,10,23H,8-9H2. The van der Waals surface area contributed by atoms with Gasteiger partial charge in [-0.3, -0.25) is 9.36 Å². The maximum atomic E-state index is 13.8. The Bertz CT molecular complexity index is 1010. The molecule has 0 saturated carbocycles. The van der Waals surface area contributed by atoms with E-state index in [2.05, 4.69) is 26.2 Å². The molecule has 0 amide bonds. The van der Waals surface area contributed by atoms with Crippen molar-refractivity contribution in [3.63, 3.8) is 0 Å². The average molecular weight is 441 g/mol. The van der Waals surface area contributed by atoms with Crippen LogP contribution in [0.15, 0.2) is 58.1 Å². The van der Waals surface area contributed by atoms with E-state index in [1.807, 2.05) is 0 Å². The Kier molecular flexibility index (Phi) is 5.68. The number of hydrogen-bond acceptors (Lipinski definition) is 3. The Hall–Kier alpha value is -2.25. The lowest BCUT2D eigenvalue weighted by Crippen LogP contribution is -2.23. The molecule has 26 heavy (non-hydrogen) atoms. The molecule has 0 saturated heterocycles. The van der Waals surface area contributed by atoms with Crippen LogP contribution in [0.5, 0.6) is 0 Å². The van der Waals surface area contributed by atoms with Crippen LogP contribution in [-0.4, -0.2) is 9.55 Å². The molecule has 1 N–H and O–H groups in total. The highest BCUT2D eigenvalue weighted by Gasteiger charge is 2.11. The molecule has 3 aromatic rings. The van der Waals surface area contributed by atoms with Gasteiger partial charge in [0.2, 0.25) is 0 Å². The second-order valence-electron chi connectivity index (χ2n) is 5.56. The fourth-order valence-electron chi connectivity index (χ4n) is 2.38. The van der Waals surface area contributed by atoms with Crippen LogP contribution < -0.4 is 10.9 Å². The molecular weight excluding hydrogens is 428 g/mol. The van der Waals surface area contributed by atoms with Crippen LogP contribution in [0.2, 0.25) is 5.02 Å². The van der Waals surface area contributed by atoms with Crippen LogP contribution in [-0.2, 0) is 13.1 Å². The fourth-order valence-corrected chi connectivity index (χ4v) is 3.00. The van der Waals surface area contributed by atoms with Gasteiger partial charge in [0.05, 0.1) is 6.54 Å². The maximum Gasteiger partial charge on any atom is 0.270 e. The van der Waals surface area contributed by atoms with Gasteiger partial charge in [0, 0.05) is 17.1 Å². The summed E-state index contributed by atoms with van der Waals surface area (Å²) in [5.41, 5.74) is 0.708. The van der Waals surface area contributed by atoms with Gasteiger partial charge in [-0.15, -0.1) is 0 Å². The molecule has 0 aliphatic carbocycles. The third-order valence-corrected chi connectivity index (χ3v) is 4.64. The predicted octanol–water partition coefficient (Wildman–Crippen LogP) is 4.60. The topological polar surface area (TPSA) is 46.9 Å². The molecule has 0 radical (unpaired) electrons. The number of nitrogens with one attached hydrogen (secondary N) is 1. The Balaban J connectivity index is 1.78. The first kappa shape index (κ1) is 18.5. The quantitative estimate of drug-likeness (QED) is 0.631. The molecule has 0 atom stereocenters. The minimum absolute atomic E-state index is 0.141. The van der Waals surface area contributed by atoms with Crippen LogP contribution in [0.25, 0.3) is 0 Å². The third kappa shape index (κ3) is 4.28.